The highest BCUT2D eigenvalue weighted by Crippen LogP contribution is 2.33. The normalized spacial score (nSPS) is 10.7. The van der Waals surface area contributed by atoms with Crippen molar-refractivity contribution in [1.29, 1.82) is 0 Å². The van der Waals surface area contributed by atoms with Crippen LogP contribution >= 0.6 is 15.9 Å². The van der Waals surface area contributed by atoms with Crippen LogP contribution in [-0.2, 0) is 0 Å². The first-order valence-electron chi connectivity index (χ1n) is 6.38. The van der Waals surface area contributed by atoms with Gasteiger partial charge in [0.15, 0.2) is 0 Å². The molecule has 5 nitrogen and oxygen atoms in total. The summed E-state index contributed by atoms with van der Waals surface area (Å²) < 4.78 is 1.02. The minimum absolute atomic E-state index is 0.244. The van der Waals surface area contributed by atoms with E-state index in [0.717, 1.165) is 27.1 Å². The van der Waals surface area contributed by atoms with Gasteiger partial charge in [0.1, 0.15) is 18.0 Å². The maximum absolute atomic E-state index is 5.53. The summed E-state index contributed by atoms with van der Waals surface area (Å²) in [5, 5.41) is 3.34. The van der Waals surface area contributed by atoms with Crippen LogP contribution in [0.15, 0.2) is 29.0 Å². The van der Waals surface area contributed by atoms with Crippen LogP contribution in [0.4, 0.5) is 17.3 Å². The van der Waals surface area contributed by atoms with E-state index in [0.29, 0.717) is 5.82 Å². The summed E-state index contributed by atoms with van der Waals surface area (Å²) in [6.45, 7) is 6.21. The zero-order chi connectivity index (χ0) is 14.7. The van der Waals surface area contributed by atoms with E-state index in [9.17, 15) is 0 Å². The number of rotatable bonds is 4. The minimum Gasteiger partial charge on any atom is -0.339 e. The van der Waals surface area contributed by atoms with E-state index in [4.69, 9.17) is 5.84 Å². The highest BCUT2D eigenvalue weighted by Gasteiger charge is 2.15. The van der Waals surface area contributed by atoms with Crippen LogP contribution in [0.5, 0.6) is 0 Å². The number of nitrogens with zero attached hydrogens (tertiary/aromatic N) is 2. The molecule has 2 rings (SSSR count). The fourth-order valence-corrected chi connectivity index (χ4v) is 2.39. The second-order valence-electron chi connectivity index (χ2n) is 4.85. The Bertz CT molecular complexity index is 613. The molecule has 0 spiro atoms. The molecule has 0 radical (unpaired) electrons. The predicted molar refractivity (Wildman–Crippen MR) is 86.1 cm³/mol. The molecule has 1 heterocycles. The van der Waals surface area contributed by atoms with Crippen LogP contribution in [-0.4, -0.2) is 9.97 Å². The van der Waals surface area contributed by atoms with E-state index in [1.807, 2.05) is 25.1 Å². The third-order valence-corrected chi connectivity index (χ3v) is 4.10. The molecule has 1 aromatic carbocycles. The molecule has 0 aliphatic rings. The van der Waals surface area contributed by atoms with Gasteiger partial charge in [-0.1, -0.05) is 26.0 Å². The second kappa shape index (κ2) is 6.19. The molecule has 0 aliphatic heterocycles. The molecule has 0 atom stereocenters. The first-order chi connectivity index (χ1) is 9.54. The molecule has 2 aromatic rings. The van der Waals surface area contributed by atoms with Crippen LogP contribution in [0.2, 0.25) is 0 Å². The summed E-state index contributed by atoms with van der Waals surface area (Å²) in [6.07, 6.45) is 1.49. The number of nitrogen functional groups attached to an aromatic ring is 1. The largest absolute Gasteiger partial charge is 0.339 e. The standard InChI is InChI=1S/C14H18BrN5/c1-8(2)11-13(17-7-18-14(11)20-16)19-10-6-4-5-9(3)12(10)15/h4-8H,16H2,1-3H3,(H2,17,18,19,20). The van der Waals surface area contributed by atoms with E-state index < -0.39 is 0 Å². The zero-order valence-corrected chi connectivity index (χ0v) is 13.3. The van der Waals surface area contributed by atoms with E-state index in [2.05, 4.69) is 50.5 Å². The molecule has 106 valence electrons. The molecule has 0 saturated heterocycles. The number of aryl methyl sites for hydroxylation is 1. The van der Waals surface area contributed by atoms with Crippen molar-refractivity contribution in [2.45, 2.75) is 26.7 Å². The summed E-state index contributed by atoms with van der Waals surface area (Å²) >= 11 is 3.59. The number of benzene rings is 1. The van der Waals surface area contributed by atoms with Crippen LogP contribution < -0.4 is 16.6 Å². The number of anilines is 3. The van der Waals surface area contributed by atoms with Gasteiger partial charge in [-0.2, -0.15) is 0 Å². The molecule has 0 aliphatic carbocycles. The van der Waals surface area contributed by atoms with Crippen molar-refractivity contribution in [2.24, 2.45) is 5.84 Å². The molecule has 1 aromatic heterocycles. The van der Waals surface area contributed by atoms with Gasteiger partial charge < -0.3 is 10.7 Å². The number of halogens is 1. The van der Waals surface area contributed by atoms with E-state index in [1.54, 1.807) is 0 Å². The van der Waals surface area contributed by atoms with Crippen LogP contribution in [0.1, 0.15) is 30.9 Å². The zero-order valence-electron chi connectivity index (χ0n) is 11.7. The Kier molecular flexibility index (Phi) is 4.57. The van der Waals surface area contributed by atoms with Crippen LogP contribution in [0.3, 0.4) is 0 Å². The van der Waals surface area contributed by atoms with E-state index in [-0.39, 0.29) is 5.92 Å². The van der Waals surface area contributed by atoms with Crippen molar-refractivity contribution < 1.29 is 0 Å². The Morgan fingerprint density at radius 3 is 2.55 bits per heavy atom. The van der Waals surface area contributed by atoms with Gasteiger partial charge in [-0.05, 0) is 40.4 Å². The van der Waals surface area contributed by atoms with Gasteiger partial charge in [0.2, 0.25) is 0 Å². The molecular formula is C14H18BrN5. The first kappa shape index (κ1) is 14.7. The average Bonchev–Trinajstić information content (AvgIpc) is 2.43. The van der Waals surface area contributed by atoms with E-state index >= 15 is 0 Å². The fraction of sp³-hybridized carbons (Fsp3) is 0.286. The quantitative estimate of drug-likeness (QED) is 0.586. The summed E-state index contributed by atoms with van der Waals surface area (Å²) in [7, 11) is 0. The summed E-state index contributed by atoms with van der Waals surface area (Å²) in [4.78, 5) is 8.50. The Hall–Kier alpha value is -1.66. The monoisotopic (exact) mass is 335 g/mol. The van der Waals surface area contributed by atoms with Gasteiger partial charge in [-0.15, -0.1) is 0 Å². The number of aromatic nitrogens is 2. The molecule has 6 heteroatoms. The number of hydrogen-bond acceptors (Lipinski definition) is 5. The molecule has 20 heavy (non-hydrogen) atoms. The predicted octanol–water partition coefficient (Wildman–Crippen LogP) is 3.70. The van der Waals surface area contributed by atoms with Gasteiger partial charge in [-0.3, -0.25) is 0 Å². The molecule has 0 bridgehead atoms. The average molecular weight is 336 g/mol. The lowest BCUT2D eigenvalue weighted by Crippen LogP contribution is -2.14. The molecule has 0 unspecified atom stereocenters. The summed E-state index contributed by atoms with van der Waals surface area (Å²) in [5.74, 6) is 7.17. The SMILES string of the molecule is Cc1cccc(Nc2ncnc(NN)c2C(C)C)c1Br. The molecular weight excluding hydrogens is 318 g/mol. The molecule has 4 N–H and O–H groups in total. The minimum atomic E-state index is 0.244. The summed E-state index contributed by atoms with van der Waals surface area (Å²) in [5.41, 5.74) is 5.71. The fourth-order valence-electron chi connectivity index (χ4n) is 2.03. The first-order valence-corrected chi connectivity index (χ1v) is 7.17. The number of nitrogens with two attached hydrogens (primary N) is 1. The third-order valence-electron chi connectivity index (χ3n) is 3.04. The maximum Gasteiger partial charge on any atom is 0.148 e. The Morgan fingerprint density at radius 2 is 1.90 bits per heavy atom. The van der Waals surface area contributed by atoms with Gasteiger partial charge in [0, 0.05) is 10.0 Å². The Balaban J connectivity index is 2.46. The Morgan fingerprint density at radius 1 is 1.20 bits per heavy atom. The Labute approximate surface area is 127 Å². The van der Waals surface area contributed by atoms with Gasteiger partial charge >= 0.3 is 0 Å². The maximum atomic E-state index is 5.53. The van der Waals surface area contributed by atoms with Crippen molar-refractivity contribution in [1.82, 2.24) is 9.97 Å². The lowest BCUT2D eigenvalue weighted by atomic mass is 10.0. The lowest BCUT2D eigenvalue weighted by Gasteiger charge is -2.17. The smallest absolute Gasteiger partial charge is 0.148 e. The van der Waals surface area contributed by atoms with Crippen LogP contribution in [0, 0.1) is 6.92 Å². The topological polar surface area (TPSA) is 75.9 Å². The highest BCUT2D eigenvalue weighted by molar-refractivity contribution is 9.10. The number of hydrogen-bond donors (Lipinski definition) is 3. The van der Waals surface area contributed by atoms with Crippen LogP contribution in [0.25, 0.3) is 0 Å². The van der Waals surface area contributed by atoms with Gasteiger partial charge in [0.05, 0.1) is 5.69 Å². The summed E-state index contributed by atoms with van der Waals surface area (Å²) in [6, 6.07) is 6.05. The van der Waals surface area contributed by atoms with Crippen molar-refractivity contribution in [3.63, 3.8) is 0 Å². The van der Waals surface area contributed by atoms with E-state index in [1.165, 1.54) is 6.33 Å². The third kappa shape index (κ3) is 2.91. The molecule has 0 fully saturated rings. The van der Waals surface area contributed by atoms with Crippen molar-refractivity contribution in [2.75, 3.05) is 10.7 Å². The van der Waals surface area contributed by atoms with Crippen molar-refractivity contribution in [3.05, 3.63) is 40.1 Å². The van der Waals surface area contributed by atoms with Crippen molar-refractivity contribution >= 4 is 33.3 Å². The molecule has 0 amide bonds. The van der Waals surface area contributed by atoms with Gasteiger partial charge in [0.25, 0.3) is 0 Å². The molecule has 0 saturated carbocycles. The second-order valence-corrected chi connectivity index (χ2v) is 5.64. The number of nitrogens with one attached hydrogen (secondary N) is 2. The van der Waals surface area contributed by atoms with Crippen molar-refractivity contribution in [3.8, 4) is 0 Å². The highest BCUT2D eigenvalue weighted by atomic mass is 79.9. The lowest BCUT2D eigenvalue weighted by molar-refractivity contribution is 0.850. The number of hydrazine groups is 1. The van der Waals surface area contributed by atoms with Gasteiger partial charge in [-0.25, -0.2) is 15.8 Å².